The highest BCUT2D eigenvalue weighted by atomic mass is 32.1. The molecule has 1 saturated heterocycles. The van der Waals surface area contributed by atoms with Crippen molar-refractivity contribution >= 4 is 12.2 Å². The van der Waals surface area contributed by atoms with E-state index in [4.69, 9.17) is 17.3 Å². The maximum absolute atomic E-state index is 5.72. The van der Waals surface area contributed by atoms with Crippen LogP contribution in [0, 0.1) is 18.6 Å². The predicted octanol–water partition coefficient (Wildman–Crippen LogP) is 4.24. The van der Waals surface area contributed by atoms with Gasteiger partial charge in [-0.05, 0) is 63.6 Å². The molecule has 1 aliphatic heterocycles. The van der Waals surface area contributed by atoms with Gasteiger partial charge in [0, 0.05) is 0 Å². The van der Waals surface area contributed by atoms with Crippen LogP contribution in [0.4, 0.5) is 0 Å². The lowest BCUT2D eigenvalue weighted by Crippen LogP contribution is -2.30. The molecule has 0 spiro atoms. The molecule has 2 aromatic rings. The van der Waals surface area contributed by atoms with Gasteiger partial charge in [0.25, 0.3) is 0 Å². The molecule has 0 atom stereocenters. The van der Waals surface area contributed by atoms with E-state index in [1.54, 1.807) is 0 Å². The third-order valence-corrected chi connectivity index (χ3v) is 5.03. The highest BCUT2D eigenvalue weighted by Crippen LogP contribution is 2.17. The molecule has 1 aromatic carbocycles. The monoisotopic (exact) mass is 330 g/mol. The summed E-state index contributed by atoms with van der Waals surface area (Å²) in [6, 6.07) is 8.34. The SMILES string of the molecule is Cc1ccccc1-n1c(C)nn(CN2CCCCCCC2)c1=S. The van der Waals surface area contributed by atoms with Crippen LogP contribution >= 0.6 is 12.2 Å². The second-order valence-corrected chi connectivity index (χ2v) is 6.84. The maximum Gasteiger partial charge on any atom is 0.203 e. The first kappa shape index (κ1) is 16.4. The van der Waals surface area contributed by atoms with E-state index in [0.717, 1.165) is 36.0 Å². The van der Waals surface area contributed by atoms with Gasteiger partial charge >= 0.3 is 0 Å². The summed E-state index contributed by atoms with van der Waals surface area (Å²) in [5.41, 5.74) is 2.35. The average Bonchev–Trinajstić information content (AvgIpc) is 2.77. The molecule has 0 N–H and O–H groups in total. The fourth-order valence-corrected chi connectivity index (χ4v) is 3.67. The lowest BCUT2D eigenvalue weighted by Gasteiger charge is -2.24. The third-order valence-electron chi connectivity index (χ3n) is 4.64. The standard InChI is InChI=1S/C18H26N4S/c1-15-10-6-7-11-17(15)22-16(2)19-21(18(22)23)14-20-12-8-4-3-5-9-13-20/h6-7,10-11H,3-5,8-9,12-14H2,1-2H3. The molecule has 0 unspecified atom stereocenters. The van der Waals surface area contributed by atoms with Gasteiger partial charge in [-0.15, -0.1) is 0 Å². The Labute approximate surface area is 143 Å². The highest BCUT2D eigenvalue weighted by Gasteiger charge is 2.14. The lowest BCUT2D eigenvalue weighted by molar-refractivity contribution is 0.187. The molecule has 0 aliphatic carbocycles. The van der Waals surface area contributed by atoms with Crippen molar-refractivity contribution in [3.8, 4) is 5.69 Å². The Hall–Kier alpha value is -1.46. The van der Waals surface area contributed by atoms with E-state index < -0.39 is 0 Å². The fraction of sp³-hybridized carbons (Fsp3) is 0.556. The molecular weight excluding hydrogens is 304 g/mol. The molecule has 0 saturated carbocycles. The largest absolute Gasteiger partial charge is 0.284 e. The Morgan fingerprint density at radius 2 is 1.65 bits per heavy atom. The second kappa shape index (κ2) is 7.41. The third kappa shape index (κ3) is 3.72. The average molecular weight is 331 g/mol. The normalized spacial score (nSPS) is 17.0. The lowest BCUT2D eigenvalue weighted by atomic mass is 10.1. The Kier molecular flexibility index (Phi) is 5.28. The zero-order chi connectivity index (χ0) is 16.2. The number of benzene rings is 1. The van der Waals surface area contributed by atoms with Crippen molar-refractivity contribution in [2.24, 2.45) is 0 Å². The number of hydrogen-bond acceptors (Lipinski definition) is 3. The first-order chi connectivity index (χ1) is 11.2. The van der Waals surface area contributed by atoms with E-state index in [1.807, 2.05) is 11.6 Å². The predicted molar refractivity (Wildman–Crippen MR) is 96.5 cm³/mol. The van der Waals surface area contributed by atoms with Gasteiger partial charge in [-0.3, -0.25) is 9.47 Å². The van der Waals surface area contributed by atoms with E-state index in [1.165, 1.54) is 37.7 Å². The smallest absolute Gasteiger partial charge is 0.203 e. The molecule has 0 radical (unpaired) electrons. The van der Waals surface area contributed by atoms with E-state index >= 15 is 0 Å². The number of likely N-dealkylation sites (tertiary alicyclic amines) is 1. The van der Waals surface area contributed by atoms with Crippen LogP contribution in [0.15, 0.2) is 24.3 Å². The van der Waals surface area contributed by atoms with Crippen LogP contribution in [0.2, 0.25) is 0 Å². The summed E-state index contributed by atoms with van der Waals surface area (Å²) in [5.74, 6) is 0.955. The van der Waals surface area contributed by atoms with Gasteiger partial charge in [-0.1, -0.05) is 37.5 Å². The van der Waals surface area contributed by atoms with Crippen LogP contribution in [0.5, 0.6) is 0 Å². The Morgan fingerprint density at radius 3 is 2.35 bits per heavy atom. The molecule has 0 bridgehead atoms. The molecular formula is C18H26N4S. The quantitative estimate of drug-likeness (QED) is 0.787. The Morgan fingerprint density at radius 1 is 1.00 bits per heavy atom. The number of aromatic nitrogens is 3. The number of rotatable bonds is 3. The number of nitrogens with zero attached hydrogens (tertiary/aromatic N) is 4. The molecule has 4 nitrogen and oxygen atoms in total. The van der Waals surface area contributed by atoms with Gasteiger partial charge < -0.3 is 0 Å². The Balaban J connectivity index is 1.86. The molecule has 0 amide bonds. The van der Waals surface area contributed by atoms with Crippen LogP contribution in [-0.2, 0) is 6.67 Å². The molecule has 1 fully saturated rings. The zero-order valence-electron chi connectivity index (χ0n) is 14.2. The summed E-state index contributed by atoms with van der Waals surface area (Å²) in [7, 11) is 0. The van der Waals surface area contributed by atoms with Crippen molar-refractivity contribution in [1.82, 2.24) is 19.2 Å². The van der Waals surface area contributed by atoms with Crippen molar-refractivity contribution in [1.29, 1.82) is 0 Å². The molecule has 5 heteroatoms. The summed E-state index contributed by atoms with van der Waals surface area (Å²) >= 11 is 5.72. The van der Waals surface area contributed by atoms with Gasteiger partial charge in [0.1, 0.15) is 5.82 Å². The van der Waals surface area contributed by atoms with E-state index in [9.17, 15) is 0 Å². The Bertz CT molecular complexity index is 708. The molecule has 1 aromatic heterocycles. The van der Waals surface area contributed by atoms with Gasteiger partial charge in [-0.2, -0.15) is 5.10 Å². The van der Waals surface area contributed by atoms with Crippen molar-refractivity contribution in [3.63, 3.8) is 0 Å². The van der Waals surface area contributed by atoms with Crippen LogP contribution in [0.1, 0.15) is 43.5 Å². The van der Waals surface area contributed by atoms with Crippen molar-refractivity contribution in [2.75, 3.05) is 13.1 Å². The molecule has 124 valence electrons. The van der Waals surface area contributed by atoms with E-state index in [-0.39, 0.29) is 0 Å². The highest BCUT2D eigenvalue weighted by molar-refractivity contribution is 7.71. The fourth-order valence-electron chi connectivity index (χ4n) is 3.34. The molecule has 23 heavy (non-hydrogen) atoms. The van der Waals surface area contributed by atoms with Crippen molar-refractivity contribution in [2.45, 2.75) is 52.6 Å². The van der Waals surface area contributed by atoms with Gasteiger partial charge in [0.05, 0.1) is 12.4 Å². The van der Waals surface area contributed by atoms with Crippen LogP contribution in [-0.4, -0.2) is 32.3 Å². The van der Waals surface area contributed by atoms with Crippen LogP contribution in [0.25, 0.3) is 5.69 Å². The summed E-state index contributed by atoms with van der Waals surface area (Å²) in [5, 5.41) is 4.71. The van der Waals surface area contributed by atoms with Crippen LogP contribution in [0.3, 0.4) is 0 Å². The molecule has 3 rings (SSSR count). The number of hydrogen-bond donors (Lipinski definition) is 0. The van der Waals surface area contributed by atoms with Crippen molar-refractivity contribution < 1.29 is 0 Å². The minimum Gasteiger partial charge on any atom is -0.284 e. The first-order valence-electron chi connectivity index (χ1n) is 8.61. The van der Waals surface area contributed by atoms with Gasteiger partial charge in [0.2, 0.25) is 4.77 Å². The first-order valence-corrected chi connectivity index (χ1v) is 9.02. The minimum atomic E-state index is 0.791. The summed E-state index contributed by atoms with van der Waals surface area (Å²) in [4.78, 5) is 2.49. The summed E-state index contributed by atoms with van der Waals surface area (Å²) in [6.45, 7) is 7.26. The zero-order valence-corrected chi connectivity index (χ0v) is 15.0. The van der Waals surface area contributed by atoms with Crippen LogP contribution < -0.4 is 0 Å². The number of aryl methyl sites for hydroxylation is 2. The molecule has 1 aliphatic rings. The summed E-state index contributed by atoms with van der Waals surface area (Å²) in [6.07, 6.45) is 6.64. The van der Waals surface area contributed by atoms with Gasteiger partial charge in [0.15, 0.2) is 0 Å². The summed E-state index contributed by atoms with van der Waals surface area (Å²) < 4.78 is 4.87. The maximum atomic E-state index is 5.72. The van der Waals surface area contributed by atoms with E-state index in [0.29, 0.717) is 0 Å². The van der Waals surface area contributed by atoms with Crippen molar-refractivity contribution in [3.05, 3.63) is 40.4 Å². The topological polar surface area (TPSA) is 26.0 Å². The van der Waals surface area contributed by atoms with E-state index in [2.05, 4.69) is 40.7 Å². The second-order valence-electron chi connectivity index (χ2n) is 6.48. The minimum absolute atomic E-state index is 0.791. The molecule has 2 heterocycles. The van der Waals surface area contributed by atoms with Gasteiger partial charge in [-0.25, -0.2) is 4.68 Å². The number of para-hydroxylation sites is 1.